The van der Waals surface area contributed by atoms with E-state index in [1.807, 2.05) is 18.2 Å². The summed E-state index contributed by atoms with van der Waals surface area (Å²) in [6.07, 6.45) is 0. The molecule has 2 N–H and O–H groups in total. The molecule has 5 aromatic carbocycles. The number of rotatable bonds is 8. The Morgan fingerprint density at radius 3 is 1.39 bits per heavy atom. The summed E-state index contributed by atoms with van der Waals surface area (Å²) in [6, 6.07) is 48.3. The summed E-state index contributed by atoms with van der Waals surface area (Å²) in [5.74, 6) is 0.867. The van der Waals surface area contributed by atoms with E-state index in [1.165, 1.54) is 10.4 Å². The van der Waals surface area contributed by atoms with Gasteiger partial charge in [0.15, 0.2) is 0 Å². The van der Waals surface area contributed by atoms with Gasteiger partial charge in [0.25, 0.3) is 0 Å². The number of hydrogen-bond donors (Lipinski definition) is 2. The van der Waals surface area contributed by atoms with E-state index in [2.05, 4.69) is 153 Å². The van der Waals surface area contributed by atoms with Gasteiger partial charge in [-0.2, -0.15) is 0 Å². The Hall–Kier alpha value is -4.28. The summed E-state index contributed by atoms with van der Waals surface area (Å²) < 4.78 is 7.19. The van der Waals surface area contributed by atoms with E-state index in [0.29, 0.717) is 0 Å². The molecule has 0 amide bonds. The third-order valence-corrected chi connectivity index (χ3v) is 11.7. The van der Waals surface area contributed by atoms with Crippen LogP contribution >= 0.6 is 0 Å². The second-order valence-electron chi connectivity index (χ2n) is 10.5. The monoisotopic (exact) mass is 514 g/mol. The highest BCUT2D eigenvalue weighted by atomic mass is 28.4. The minimum absolute atomic E-state index is 0.0965. The van der Waals surface area contributed by atoms with Crippen LogP contribution in [-0.2, 0) is 0 Å². The molecule has 0 bridgehead atoms. The van der Waals surface area contributed by atoms with Crippen molar-refractivity contribution in [2.45, 2.75) is 25.8 Å². The van der Waals surface area contributed by atoms with Crippen molar-refractivity contribution in [1.29, 1.82) is 0 Å². The van der Waals surface area contributed by atoms with Gasteiger partial charge >= 0.3 is 8.32 Å². The zero-order valence-electron chi connectivity index (χ0n) is 22.2. The summed E-state index contributed by atoms with van der Waals surface area (Å²) in [5, 5.41) is 9.41. The Morgan fingerprint density at radius 1 is 0.474 bits per heavy atom. The minimum atomic E-state index is -2.69. The van der Waals surface area contributed by atoms with Crippen LogP contribution in [0.15, 0.2) is 140 Å². The van der Waals surface area contributed by atoms with E-state index in [4.69, 9.17) is 4.43 Å². The standard InChI is InChI=1S/C34H34N2OSi/c1-34(2,3)38(32-18-9-5-10-19-32,33-20-11-6-12-21-33)37-31-17-13-16-30(26-31)36-29-24-22-28(23-25-29)35-27-14-7-4-8-15-27/h4-26,35-36H,1-3H3. The molecule has 0 aliphatic carbocycles. The van der Waals surface area contributed by atoms with Crippen molar-refractivity contribution < 1.29 is 4.43 Å². The summed E-state index contributed by atoms with van der Waals surface area (Å²) >= 11 is 0. The average molecular weight is 515 g/mol. The Balaban J connectivity index is 1.43. The summed E-state index contributed by atoms with van der Waals surface area (Å²) in [5.41, 5.74) is 4.13. The molecule has 5 rings (SSSR count). The summed E-state index contributed by atoms with van der Waals surface area (Å²) in [4.78, 5) is 0. The van der Waals surface area contributed by atoms with Gasteiger partial charge in [-0.15, -0.1) is 0 Å². The Labute approximate surface area is 227 Å². The van der Waals surface area contributed by atoms with Gasteiger partial charge in [-0.3, -0.25) is 0 Å². The molecule has 0 saturated heterocycles. The molecule has 0 spiro atoms. The van der Waals surface area contributed by atoms with Crippen LogP contribution in [0.3, 0.4) is 0 Å². The van der Waals surface area contributed by atoms with Crippen molar-refractivity contribution in [3.63, 3.8) is 0 Å². The fraction of sp³-hybridized carbons (Fsp3) is 0.118. The first kappa shape index (κ1) is 25.4. The van der Waals surface area contributed by atoms with Crippen molar-refractivity contribution in [2.24, 2.45) is 0 Å². The third-order valence-electron chi connectivity index (χ3n) is 6.76. The van der Waals surface area contributed by atoms with Gasteiger partial charge in [0.05, 0.1) is 0 Å². The molecule has 38 heavy (non-hydrogen) atoms. The first-order valence-corrected chi connectivity index (χ1v) is 14.9. The van der Waals surface area contributed by atoms with Gasteiger partial charge in [-0.1, -0.05) is 106 Å². The lowest BCUT2D eigenvalue weighted by atomic mass is 10.2. The Kier molecular flexibility index (Phi) is 7.34. The molecule has 4 heteroatoms. The van der Waals surface area contributed by atoms with Crippen molar-refractivity contribution >= 4 is 41.4 Å². The highest BCUT2D eigenvalue weighted by Gasteiger charge is 2.52. The minimum Gasteiger partial charge on any atom is -0.534 e. The van der Waals surface area contributed by atoms with Crippen molar-refractivity contribution in [3.8, 4) is 5.75 Å². The molecule has 0 radical (unpaired) electrons. The van der Waals surface area contributed by atoms with Gasteiger partial charge < -0.3 is 15.1 Å². The Morgan fingerprint density at radius 2 is 0.895 bits per heavy atom. The first-order chi connectivity index (χ1) is 18.4. The van der Waals surface area contributed by atoms with Crippen molar-refractivity contribution in [3.05, 3.63) is 140 Å². The molecular weight excluding hydrogens is 480 g/mol. The maximum atomic E-state index is 7.19. The van der Waals surface area contributed by atoms with Crippen LogP contribution in [-0.4, -0.2) is 8.32 Å². The second-order valence-corrected chi connectivity index (χ2v) is 14.7. The predicted molar refractivity (Wildman–Crippen MR) is 164 cm³/mol. The topological polar surface area (TPSA) is 33.3 Å². The van der Waals surface area contributed by atoms with E-state index in [0.717, 1.165) is 28.5 Å². The van der Waals surface area contributed by atoms with Crippen LogP contribution in [0.25, 0.3) is 0 Å². The molecule has 0 unspecified atom stereocenters. The van der Waals surface area contributed by atoms with Crippen LogP contribution in [0.5, 0.6) is 5.75 Å². The lowest BCUT2D eigenvalue weighted by molar-refractivity contribution is 0.508. The molecule has 190 valence electrons. The van der Waals surface area contributed by atoms with E-state index in [9.17, 15) is 0 Å². The van der Waals surface area contributed by atoms with Gasteiger partial charge in [-0.05, 0) is 63.9 Å². The Bertz CT molecular complexity index is 1410. The van der Waals surface area contributed by atoms with E-state index < -0.39 is 8.32 Å². The quantitative estimate of drug-likeness (QED) is 0.205. The molecule has 0 aromatic heterocycles. The van der Waals surface area contributed by atoms with Gasteiger partial charge in [0.2, 0.25) is 0 Å². The van der Waals surface area contributed by atoms with Crippen molar-refractivity contribution in [2.75, 3.05) is 10.6 Å². The second kappa shape index (κ2) is 11.0. The fourth-order valence-electron chi connectivity index (χ4n) is 4.96. The normalized spacial score (nSPS) is 11.6. The number of benzene rings is 5. The maximum Gasteiger partial charge on any atom is 0.319 e. The summed E-state index contributed by atoms with van der Waals surface area (Å²) in [6.45, 7) is 6.89. The average Bonchev–Trinajstić information content (AvgIpc) is 2.94. The molecule has 0 aliphatic rings. The molecule has 0 heterocycles. The third kappa shape index (κ3) is 5.51. The van der Waals surface area contributed by atoms with Gasteiger partial charge in [0, 0.05) is 28.8 Å². The number of para-hydroxylation sites is 1. The van der Waals surface area contributed by atoms with Crippen molar-refractivity contribution in [1.82, 2.24) is 0 Å². The van der Waals surface area contributed by atoms with Crippen LogP contribution < -0.4 is 25.4 Å². The molecule has 0 atom stereocenters. The lowest BCUT2D eigenvalue weighted by Crippen LogP contribution is -2.68. The highest BCUT2D eigenvalue weighted by molar-refractivity contribution is 7.00. The summed E-state index contributed by atoms with van der Waals surface area (Å²) in [7, 11) is -2.69. The number of hydrogen-bond acceptors (Lipinski definition) is 3. The molecule has 0 saturated carbocycles. The van der Waals surface area contributed by atoms with E-state index in [1.54, 1.807) is 0 Å². The highest BCUT2D eigenvalue weighted by Crippen LogP contribution is 2.38. The smallest absolute Gasteiger partial charge is 0.319 e. The first-order valence-electron chi connectivity index (χ1n) is 13.0. The zero-order chi connectivity index (χ0) is 26.4. The van der Waals surface area contributed by atoms with E-state index in [-0.39, 0.29) is 5.04 Å². The zero-order valence-corrected chi connectivity index (χ0v) is 23.2. The number of anilines is 4. The molecule has 5 aromatic rings. The lowest BCUT2D eigenvalue weighted by Gasteiger charge is -2.43. The van der Waals surface area contributed by atoms with Gasteiger partial charge in [-0.25, -0.2) is 0 Å². The maximum absolute atomic E-state index is 7.19. The fourth-order valence-corrected chi connectivity index (χ4v) is 9.37. The predicted octanol–water partition coefficient (Wildman–Crippen LogP) is 8.11. The molecule has 0 aliphatic heterocycles. The molecule has 0 fully saturated rings. The SMILES string of the molecule is CC(C)(C)[Si](Oc1cccc(Nc2ccc(Nc3ccccc3)cc2)c1)(c1ccccc1)c1ccccc1. The van der Waals surface area contributed by atoms with E-state index >= 15 is 0 Å². The van der Waals surface area contributed by atoms with Crippen LogP contribution in [0.1, 0.15) is 20.8 Å². The number of nitrogens with one attached hydrogen (secondary N) is 2. The van der Waals surface area contributed by atoms with Crippen LogP contribution in [0.4, 0.5) is 22.7 Å². The van der Waals surface area contributed by atoms with Gasteiger partial charge in [0.1, 0.15) is 5.75 Å². The van der Waals surface area contributed by atoms with Crippen LogP contribution in [0.2, 0.25) is 5.04 Å². The molecule has 3 nitrogen and oxygen atoms in total. The molecular formula is C34H34N2OSi. The van der Waals surface area contributed by atoms with Crippen LogP contribution in [0, 0.1) is 0 Å². The largest absolute Gasteiger partial charge is 0.534 e.